The van der Waals surface area contributed by atoms with Crippen molar-refractivity contribution in [3.63, 3.8) is 0 Å². The van der Waals surface area contributed by atoms with Gasteiger partial charge in [0.2, 0.25) is 0 Å². The molecule has 0 amide bonds. The lowest BCUT2D eigenvalue weighted by Crippen LogP contribution is -2.30. The van der Waals surface area contributed by atoms with Crippen LogP contribution in [0.1, 0.15) is 41.1 Å². The van der Waals surface area contributed by atoms with Crippen LogP contribution in [0.3, 0.4) is 0 Å². The van der Waals surface area contributed by atoms with E-state index in [0.717, 1.165) is 29.5 Å². The highest BCUT2D eigenvalue weighted by molar-refractivity contribution is 5.76. The molecule has 17 heavy (non-hydrogen) atoms. The van der Waals surface area contributed by atoms with Crippen LogP contribution < -0.4 is 5.32 Å². The Labute approximate surface area is 102 Å². The molecule has 2 N–H and O–H groups in total. The monoisotopic (exact) mass is 233 g/mol. The topological polar surface area (TPSA) is 49.3 Å². The molecule has 0 bridgehead atoms. The molecule has 1 fully saturated rings. The third kappa shape index (κ3) is 2.67. The molecule has 1 saturated carbocycles. The molecule has 0 spiro atoms. The molecule has 0 heterocycles. The number of rotatable bonds is 4. The Morgan fingerprint density at radius 3 is 2.35 bits per heavy atom. The van der Waals surface area contributed by atoms with Crippen LogP contribution in [-0.4, -0.2) is 17.1 Å². The molecule has 3 heteroatoms. The summed E-state index contributed by atoms with van der Waals surface area (Å²) in [6, 6.07) is 3.88. The summed E-state index contributed by atoms with van der Waals surface area (Å²) < 4.78 is 0. The number of aryl methyl sites for hydroxylation is 3. The van der Waals surface area contributed by atoms with E-state index >= 15 is 0 Å². The number of carboxylic acids is 1. The van der Waals surface area contributed by atoms with E-state index in [0.29, 0.717) is 6.04 Å². The van der Waals surface area contributed by atoms with Crippen molar-refractivity contribution in [2.75, 3.05) is 0 Å². The van der Waals surface area contributed by atoms with E-state index in [4.69, 9.17) is 0 Å². The lowest BCUT2D eigenvalue weighted by atomic mass is 9.95. The molecule has 1 atom stereocenters. The minimum absolute atomic E-state index is 0.386. The predicted molar refractivity (Wildman–Crippen MR) is 67.2 cm³/mol. The third-order valence-corrected chi connectivity index (χ3v) is 3.42. The van der Waals surface area contributed by atoms with E-state index in [1.54, 1.807) is 0 Å². The van der Waals surface area contributed by atoms with Crippen LogP contribution in [0.25, 0.3) is 0 Å². The molecule has 1 aromatic rings. The maximum atomic E-state index is 11.3. The number of hydrogen-bond acceptors (Lipinski definition) is 2. The van der Waals surface area contributed by atoms with Gasteiger partial charge in [-0.15, -0.1) is 0 Å². The fourth-order valence-corrected chi connectivity index (χ4v) is 2.07. The van der Waals surface area contributed by atoms with Crippen molar-refractivity contribution in [2.45, 2.75) is 45.7 Å². The average molecular weight is 233 g/mol. The summed E-state index contributed by atoms with van der Waals surface area (Å²) in [5.41, 5.74) is 4.30. The van der Waals surface area contributed by atoms with Crippen molar-refractivity contribution in [3.05, 3.63) is 34.4 Å². The Kier molecular flexibility index (Phi) is 3.20. The Morgan fingerprint density at radius 1 is 1.24 bits per heavy atom. The van der Waals surface area contributed by atoms with Gasteiger partial charge in [-0.2, -0.15) is 0 Å². The smallest absolute Gasteiger partial charge is 0.325 e. The van der Waals surface area contributed by atoms with Gasteiger partial charge in [-0.3, -0.25) is 10.1 Å². The van der Waals surface area contributed by atoms with Crippen LogP contribution in [0.5, 0.6) is 0 Å². The van der Waals surface area contributed by atoms with Crippen LogP contribution in [0.2, 0.25) is 0 Å². The SMILES string of the molecule is Cc1cc(C)c(C(NC2CC2)C(=O)O)cc1C. The first-order valence-corrected chi connectivity index (χ1v) is 6.05. The number of aliphatic carboxylic acids is 1. The summed E-state index contributed by atoms with van der Waals surface area (Å²) in [6.07, 6.45) is 2.18. The van der Waals surface area contributed by atoms with Crippen LogP contribution in [-0.2, 0) is 4.79 Å². The van der Waals surface area contributed by atoms with Gasteiger partial charge >= 0.3 is 5.97 Å². The Morgan fingerprint density at radius 2 is 1.82 bits per heavy atom. The number of hydrogen-bond donors (Lipinski definition) is 2. The molecule has 2 rings (SSSR count). The van der Waals surface area contributed by atoms with Crippen LogP contribution >= 0.6 is 0 Å². The molecule has 1 aromatic carbocycles. The quantitative estimate of drug-likeness (QED) is 0.840. The summed E-state index contributed by atoms with van der Waals surface area (Å²) in [4.78, 5) is 11.3. The summed E-state index contributed by atoms with van der Waals surface area (Å²) >= 11 is 0. The van der Waals surface area contributed by atoms with Crippen LogP contribution in [0, 0.1) is 20.8 Å². The highest BCUT2D eigenvalue weighted by Gasteiger charge is 2.30. The predicted octanol–water partition coefficient (Wildman–Crippen LogP) is 2.49. The van der Waals surface area contributed by atoms with Crippen LogP contribution in [0.15, 0.2) is 12.1 Å². The van der Waals surface area contributed by atoms with Gasteiger partial charge in [-0.25, -0.2) is 0 Å². The Hall–Kier alpha value is -1.35. The zero-order chi connectivity index (χ0) is 12.6. The van der Waals surface area contributed by atoms with E-state index in [1.165, 1.54) is 5.56 Å². The molecule has 3 nitrogen and oxygen atoms in total. The average Bonchev–Trinajstić information content (AvgIpc) is 3.04. The number of carbonyl (C=O) groups is 1. The summed E-state index contributed by atoms with van der Waals surface area (Å²) in [7, 11) is 0. The van der Waals surface area contributed by atoms with Crippen molar-refractivity contribution in [2.24, 2.45) is 0 Å². The second-order valence-electron chi connectivity index (χ2n) is 5.01. The molecule has 0 saturated heterocycles. The standard InChI is InChI=1S/C14H19NO2/c1-8-6-10(3)12(7-9(8)2)13(14(16)17)15-11-4-5-11/h6-7,11,13,15H,4-5H2,1-3H3,(H,16,17). The maximum Gasteiger partial charge on any atom is 0.325 e. The first-order chi connectivity index (χ1) is 7.99. The zero-order valence-corrected chi connectivity index (χ0v) is 10.6. The molecule has 0 radical (unpaired) electrons. The van der Waals surface area contributed by atoms with Crippen molar-refractivity contribution in [1.29, 1.82) is 0 Å². The van der Waals surface area contributed by atoms with Gasteiger partial charge in [-0.1, -0.05) is 12.1 Å². The molecule has 0 aromatic heterocycles. The van der Waals surface area contributed by atoms with Crippen LogP contribution in [0.4, 0.5) is 0 Å². The van der Waals surface area contributed by atoms with Crippen molar-refractivity contribution < 1.29 is 9.90 Å². The van der Waals surface area contributed by atoms with E-state index < -0.39 is 12.0 Å². The maximum absolute atomic E-state index is 11.3. The van der Waals surface area contributed by atoms with Gasteiger partial charge in [0, 0.05) is 6.04 Å². The van der Waals surface area contributed by atoms with Gasteiger partial charge in [0.25, 0.3) is 0 Å². The Bertz CT molecular complexity index is 450. The summed E-state index contributed by atoms with van der Waals surface area (Å²) in [5.74, 6) is -0.789. The molecule has 1 unspecified atom stereocenters. The van der Waals surface area contributed by atoms with Crippen molar-refractivity contribution >= 4 is 5.97 Å². The van der Waals surface area contributed by atoms with Gasteiger partial charge in [0.1, 0.15) is 6.04 Å². The normalized spacial score (nSPS) is 16.9. The molecule has 1 aliphatic carbocycles. The van der Waals surface area contributed by atoms with Gasteiger partial charge in [0.05, 0.1) is 0 Å². The molecule has 1 aliphatic rings. The minimum atomic E-state index is -0.789. The number of carboxylic acid groups (broad SMARTS) is 1. The second kappa shape index (κ2) is 4.49. The van der Waals surface area contributed by atoms with E-state index in [9.17, 15) is 9.90 Å². The van der Waals surface area contributed by atoms with Crippen molar-refractivity contribution in [3.8, 4) is 0 Å². The minimum Gasteiger partial charge on any atom is -0.480 e. The fraction of sp³-hybridized carbons (Fsp3) is 0.500. The van der Waals surface area contributed by atoms with Gasteiger partial charge in [0.15, 0.2) is 0 Å². The molecular formula is C14H19NO2. The number of nitrogens with one attached hydrogen (secondary N) is 1. The first-order valence-electron chi connectivity index (χ1n) is 6.05. The molecule has 92 valence electrons. The summed E-state index contributed by atoms with van der Waals surface area (Å²) in [6.45, 7) is 6.05. The van der Waals surface area contributed by atoms with E-state index in [-0.39, 0.29) is 0 Å². The second-order valence-corrected chi connectivity index (χ2v) is 5.01. The van der Waals surface area contributed by atoms with E-state index in [1.807, 2.05) is 19.9 Å². The summed E-state index contributed by atoms with van der Waals surface area (Å²) in [5, 5.41) is 12.5. The lowest BCUT2D eigenvalue weighted by Gasteiger charge is -2.18. The zero-order valence-electron chi connectivity index (χ0n) is 10.6. The van der Waals surface area contributed by atoms with Gasteiger partial charge < -0.3 is 5.11 Å². The Balaban J connectivity index is 2.34. The first kappa shape index (κ1) is 12.1. The number of benzene rings is 1. The van der Waals surface area contributed by atoms with E-state index in [2.05, 4.69) is 18.3 Å². The largest absolute Gasteiger partial charge is 0.480 e. The van der Waals surface area contributed by atoms with Gasteiger partial charge in [-0.05, 0) is 55.9 Å². The van der Waals surface area contributed by atoms with Crippen molar-refractivity contribution in [1.82, 2.24) is 5.32 Å². The highest BCUT2D eigenvalue weighted by atomic mass is 16.4. The third-order valence-electron chi connectivity index (χ3n) is 3.42. The lowest BCUT2D eigenvalue weighted by molar-refractivity contribution is -0.139. The molecular weight excluding hydrogens is 214 g/mol. The highest BCUT2D eigenvalue weighted by Crippen LogP contribution is 2.27. The molecule has 0 aliphatic heterocycles. The fourth-order valence-electron chi connectivity index (χ4n) is 2.07.